The average Bonchev–Trinajstić information content (AvgIpc) is 2.91. The molecule has 2 rings (SSSR count). The number of methoxy groups -OCH3 is 1. The van der Waals surface area contributed by atoms with Gasteiger partial charge in [0.25, 0.3) is 0 Å². The molecule has 0 saturated carbocycles. The molecule has 1 unspecified atom stereocenters. The van der Waals surface area contributed by atoms with Crippen molar-refractivity contribution >= 4 is 11.7 Å². The van der Waals surface area contributed by atoms with Gasteiger partial charge in [0.2, 0.25) is 5.91 Å². The van der Waals surface area contributed by atoms with Crippen LogP contribution in [0.5, 0.6) is 5.75 Å². The van der Waals surface area contributed by atoms with E-state index < -0.39 is 0 Å². The number of ether oxygens (including phenoxy) is 1. The first-order valence-corrected chi connectivity index (χ1v) is 7.76. The van der Waals surface area contributed by atoms with E-state index in [4.69, 9.17) is 9.26 Å². The number of hydrogen-bond acceptors (Lipinski definition) is 5. The minimum atomic E-state index is -0.321. The predicted octanol–water partition coefficient (Wildman–Crippen LogP) is 2.68. The Hall–Kier alpha value is -2.41. The molecule has 0 bridgehead atoms. The molecular formula is C17H22FN3O3. The van der Waals surface area contributed by atoms with Crippen molar-refractivity contribution < 1.29 is 18.4 Å². The van der Waals surface area contributed by atoms with Crippen LogP contribution in [0.1, 0.15) is 24.7 Å². The van der Waals surface area contributed by atoms with Crippen LogP contribution >= 0.6 is 0 Å². The van der Waals surface area contributed by atoms with Crippen molar-refractivity contribution in [2.45, 2.75) is 32.7 Å². The Morgan fingerprint density at radius 1 is 1.38 bits per heavy atom. The van der Waals surface area contributed by atoms with Crippen LogP contribution in [0.15, 0.2) is 28.8 Å². The number of amides is 1. The minimum absolute atomic E-state index is 0.0959. The first-order valence-electron chi connectivity index (χ1n) is 7.76. The number of carbonyl (C=O) groups is 1. The number of benzene rings is 1. The Bertz CT molecular complexity index is 687. The van der Waals surface area contributed by atoms with E-state index in [1.807, 2.05) is 6.92 Å². The van der Waals surface area contributed by atoms with Gasteiger partial charge in [-0.3, -0.25) is 4.79 Å². The zero-order valence-electron chi connectivity index (χ0n) is 14.1. The molecular weight excluding hydrogens is 313 g/mol. The highest BCUT2D eigenvalue weighted by Gasteiger charge is 2.09. The SMILES string of the molecule is COc1cc(F)cc(CC(C)NCCC(=O)Nc2cc(C)on2)c1. The molecule has 0 aliphatic rings. The van der Waals surface area contributed by atoms with Gasteiger partial charge in [-0.25, -0.2) is 4.39 Å². The molecule has 1 atom stereocenters. The second kappa shape index (κ2) is 8.44. The Morgan fingerprint density at radius 3 is 2.83 bits per heavy atom. The summed E-state index contributed by atoms with van der Waals surface area (Å²) in [4.78, 5) is 11.8. The highest BCUT2D eigenvalue weighted by molar-refractivity contribution is 5.89. The molecule has 6 nitrogen and oxygen atoms in total. The Balaban J connectivity index is 1.74. The lowest BCUT2D eigenvalue weighted by molar-refractivity contribution is -0.116. The van der Waals surface area contributed by atoms with Gasteiger partial charge in [0.1, 0.15) is 17.3 Å². The van der Waals surface area contributed by atoms with Crippen molar-refractivity contribution in [1.82, 2.24) is 10.5 Å². The van der Waals surface area contributed by atoms with Gasteiger partial charge in [-0.2, -0.15) is 0 Å². The minimum Gasteiger partial charge on any atom is -0.497 e. The van der Waals surface area contributed by atoms with Crippen molar-refractivity contribution in [1.29, 1.82) is 0 Å². The lowest BCUT2D eigenvalue weighted by Gasteiger charge is -2.14. The molecule has 24 heavy (non-hydrogen) atoms. The monoisotopic (exact) mass is 335 g/mol. The molecule has 0 saturated heterocycles. The quantitative estimate of drug-likeness (QED) is 0.776. The molecule has 0 fully saturated rings. The molecule has 0 spiro atoms. The summed E-state index contributed by atoms with van der Waals surface area (Å²) < 4.78 is 23.4. The zero-order chi connectivity index (χ0) is 17.5. The number of nitrogens with one attached hydrogen (secondary N) is 2. The molecule has 1 aromatic carbocycles. The largest absolute Gasteiger partial charge is 0.497 e. The second-order valence-electron chi connectivity index (χ2n) is 5.68. The summed E-state index contributed by atoms with van der Waals surface area (Å²) in [7, 11) is 1.51. The third-order valence-corrected chi connectivity index (χ3v) is 3.45. The van der Waals surface area contributed by atoms with Gasteiger partial charge in [0.05, 0.1) is 7.11 Å². The van der Waals surface area contributed by atoms with E-state index in [1.165, 1.54) is 19.2 Å². The molecule has 0 aliphatic carbocycles. The molecule has 1 aromatic heterocycles. The normalized spacial score (nSPS) is 12.0. The van der Waals surface area contributed by atoms with Gasteiger partial charge in [-0.15, -0.1) is 0 Å². The number of aromatic nitrogens is 1. The van der Waals surface area contributed by atoms with Gasteiger partial charge in [0, 0.05) is 31.1 Å². The summed E-state index contributed by atoms with van der Waals surface area (Å²) >= 11 is 0. The summed E-state index contributed by atoms with van der Waals surface area (Å²) in [5, 5.41) is 9.61. The predicted molar refractivity (Wildman–Crippen MR) is 88.6 cm³/mol. The average molecular weight is 335 g/mol. The maximum Gasteiger partial charge on any atom is 0.226 e. The second-order valence-corrected chi connectivity index (χ2v) is 5.68. The summed E-state index contributed by atoms with van der Waals surface area (Å²) in [6, 6.07) is 6.39. The Morgan fingerprint density at radius 2 is 2.17 bits per heavy atom. The number of nitrogens with zero attached hydrogens (tertiary/aromatic N) is 1. The first kappa shape index (κ1) is 17.9. The summed E-state index contributed by atoms with van der Waals surface area (Å²) in [5.41, 5.74) is 0.842. The molecule has 130 valence electrons. The number of rotatable bonds is 8. The number of hydrogen-bond donors (Lipinski definition) is 2. The van der Waals surface area contributed by atoms with E-state index in [0.717, 1.165) is 5.56 Å². The topological polar surface area (TPSA) is 76.4 Å². The molecule has 2 aromatic rings. The van der Waals surface area contributed by atoms with Gasteiger partial charge in [0.15, 0.2) is 5.82 Å². The van der Waals surface area contributed by atoms with E-state index in [9.17, 15) is 9.18 Å². The molecule has 2 N–H and O–H groups in total. The summed E-state index contributed by atoms with van der Waals surface area (Å²) in [6.45, 7) is 4.25. The smallest absolute Gasteiger partial charge is 0.226 e. The molecule has 0 aliphatic heterocycles. The standard InChI is InChI=1S/C17H22FN3O3/c1-11(6-13-8-14(18)10-15(9-13)23-3)19-5-4-17(22)20-16-7-12(2)24-21-16/h7-11,19H,4-6H2,1-3H3,(H,20,21,22). The van der Waals surface area contributed by atoms with Gasteiger partial charge >= 0.3 is 0 Å². The molecule has 0 radical (unpaired) electrons. The van der Waals surface area contributed by atoms with E-state index in [-0.39, 0.29) is 17.8 Å². The number of carbonyl (C=O) groups excluding carboxylic acids is 1. The zero-order valence-corrected chi connectivity index (χ0v) is 14.1. The lowest BCUT2D eigenvalue weighted by atomic mass is 10.1. The van der Waals surface area contributed by atoms with E-state index in [0.29, 0.717) is 36.7 Å². The Labute approximate surface area is 140 Å². The van der Waals surface area contributed by atoms with E-state index >= 15 is 0 Å². The van der Waals surface area contributed by atoms with Crippen molar-refractivity contribution in [2.24, 2.45) is 0 Å². The summed E-state index contributed by atoms with van der Waals surface area (Å²) in [5.74, 6) is 1.09. The van der Waals surface area contributed by atoms with E-state index in [1.54, 1.807) is 19.1 Å². The number of anilines is 1. The van der Waals surface area contributed by atoms with Crippen LogP contribution in [0.4, 0.5) is 10.2 Å². The van der Waals surface area contributed by atoms with Crippen molar-refractivity contribution in [3.8, 4) is 5.75 Å². The first-order chi connectivity index (χ1) is 11.5. The maximum absolute atomic E-state index is 13.5. The highest BCUT2D eigenvalue weighted by atomic mass is 19.1. The van der Waals surface area contributed by atoms with Crippen LogP contribution < -0.4 is 15.4 Å². The van der Waals surface area contributed by atoms with Gasteiger partial charge in [-0.05, 0) is 38.0 Å². The van der Waals surface area contributed by atoms with Crippen LogP contribution in [0.3, 0.4) is 0 Å². The summed E-state index contributed by atoms with van der Waals surface area (Å²) in [6.07, 6.45) is 0.945. The van der Waals surface area contributed by atoms with Crippen LogP contribution in [0, 0.1) is 12.7 Å². The highest BCUT2D eigenvalue weighted by Crippen LogP contribution is 2.17. The van der Waals surface area contributed by atoms with Crippen LogP contribution in [0.25, 0.3) is 0 Å². The molecule has 7 heteroatoms. The van der Waals surface area contributed by atoms with Gasteiger partial charge < -0.3 is 19.9 Å². The van der Waals surface area contributed by atoms with Crippen molar-refractivity contribution in [2.75, 3.05) is 19.0 Å². The third-order valence-electron chi connectivity index (χ3n) is 3.45. The van der Waals surface area contributed by atoms with Crippen LogP contribution in [-0.4, -0.2) is 30.8 Å². The van der Waals surface area contributed by atoms with E-state index in [2.05, 4.69) is 15.8 Å². The molecule has 1 heterocycles. The fraction of sp³-hybridized carbons (Fsp3) is 0.412. The molecule has 1 amide bonds. The van der Waals surface area contributed by atoms with Crippen molar-refractivity contribution in [3.05, 3.63) is 41.4 Å². The van der Waals surface area contributed by atoms with Gasteiger partial charge in [-0.1, -0.05) is 5.16 Å². The Kier molecular flexibility index (Phi) is 6.31. The maximum atomic E-state index is 13.5. The van der Waals surface area contributed by atoms with Crippen LogP contribution in [-0.2, 0) is 11.2 Å². The third kappa shape index (κ3) is 5.66. The number of halogens is 1. The van der Waals surface area contributed by atoms with Crippen LogP contribution in [0.2, 0.25) is 0 Å². The number of aryl methyl sites for hydroxylation is 1. The lowest BCUT2D eigenvalue weighted by Crippen LogP contribution is -2.31. The fourth-order valence-corrected chi connectivity index (χ4v) is 2.34. The fourth-order valence-electron chi connectivity index (χ4n) is 2.34. The van der Waals surface area contributed by atoms with Crippen molar-refractivity contribution in [3.63, 3.8) is 0 Å².